The van der Waals surface area contributed by atoms with Crippen LogP contribution in [0.5, 0.6) is 0 Å². The van der Waals surface area contributed by atoms with Crippen LogP contribution in [0.1, 0.15) is 11.1 Å². The van der Waals surface area contributed by atoms with Crippen LogP contribution in [-0.2, 0) is 16.6 Å². The third-order valence-electron chi connectivity index (χ3n) is 2.99. The zero-order valence-corrected chi connectivity index (χ0v) is 12.8. The van der Waals surface area contributed by atoms with Crippen molar-refractivity contribution < 1.29 is 12.8 Å². The van der Waals surface area contributed by atoms with Crippen molar-refractivity contribution in [3.8, 4) is 0 Å². The highest BCUT2D eigenvalue weighted by molar-refractivity contribution is 7.89. The molecule has 0 aliphatic rings. The summed E-state index contributed by atoms with van der Waals surface area (Å²) in [6.45, 7) is 1.77. The highest BCUT2D eigenvalue weighted by Gasteiger charge is 2.19. The van der Waals surface area contributed by atoms with Crippen LogP contribution in [0.25, 0.3) is 0 Å². The maximum atomic E-state index is 12.8. The number of nitrogens with two attached hydrogens (primary N) is 1. The minimum atomic E-state index is -3.79. The van der Waals surface area contributed by atoms with E-state index in [2.05, 4.69) is 4.72 Å². The van der Waals surface area contributed by atoms with E-state index >= 15 is 0 Å². The van der Waals surface area contributed by atoms with E-state index in [-0.39, 0.29) is 22.3 Å². The quantitative estimate of drug-likeness (QED) is 0.848. The topological polar surface area (TPSA) is 72.2 Å². The molecule has 7 heteroatoms. The fraction of sp³-hybridized carbons (Fsp3) is 0.143. The van der Waals surface area contributed by atoms with Crippen molar-refractivity contribution in [1.82, 2.24) is 4.72 Å². The Morgan fingerprint density at radius 3 is 2.48 bits per heavy atom. The van der Waals surface area contributed by atoms with Gasteiger partial charge in [0.2, 0.25) is 10.0 Å². The maximum absolute atomic E-state index is 12.8. The molecule has 0 atom stereocenters. The average molecular weight is 329 g/mol. The molecular formula is C14H14ClFN2O2S. The molecule has 0 unspecified atom stereocenters. The number of nitrogen functional groups attached to an aromatic ring is 1. The molecule has 0 amide bonds. The van der Waals surface area contributed by atoms with Gasteiger partial charge in [0.15, 0.2) is 0 Å². The Hall–Kier alpha value is -1.63. The van der Waals surface area contributed by atoms with Gasteiger partial charge in [-0.2, -0.15) is 0 Å². The van der Waals surface area contributed by atoms with Crippen molar-refractivity contribution in [2.24, 2.45) is 0 Å². The summed E-state index contributed by atoms with van der Waals surface area (Å²) in [5.41, 5.74) is 7.41. The van der Waals surface area contributed by atoms with Crippen molar-refractivity contribution in [2.75, 3.05) is 5.73 Å². The molecule has 2 rings (SSSR count). The highest BCUT2D eigenvalue weighted by atomic mass is 35.5. The van der Waals surface area contributed by atoms with Crippen LogP contribution >= 0.6 is 11.6 Å². The Kier molecular flexibility index (Phi) is 4.51. The molecule has 2 aromatic rings. The lowest BCUT2D eigenvalue weighted by Crippen LogP contribution is -2.23. The Bertz CT molecular complexity index is 761. The first kappa shape index (κ1) is 15.8. The van der Waals surface area contributed by atoms with Crippen LogP contribution in [0, 0.1) is 12.7 Å². The summed E-state index contributed by atoms with van der Waals surface area (Å²) in [4.78, 5) is -0.0746. The molecule has 0 aromatic heterocycles. The van der Waals surface area contributed by atoms with Gasteiger partial charge in [-0.05, 0) is 42.3 Å². The van der Waals surface area contributed by atoms with Gasteiger partial charge in [-0.1, -0.05) is 23.7 Å². The first-order chi connectivity index (χ1) is 9.79. The van der Waals surface area contributed by atoms with Crippen molar-refractivity contribution in [2.45, 2.75) is 18.4 Å². The summed E-state index contributed by atoms with van der Waals surface area (Å²) in [5.74, 6) is -0.379. The molecule has 0 aliphatic carbocycles. The SMILES string of the molecule is Cc1cc(Cl)c(S(=O)(=O)NCc2ccc(F)cc2)cc1N. The molecule has 0 spiro atoms. The average Bonchev–Trinajstić information content (AvgIpc) is 2.42. The van der Waals surface area contributed by atoms with Gasteiger partial charge in [-0.25, -0.2) is 17.5 Å². The number of anilines is 1. The molecule has 0 aliphatic heterocycles. The van der Waals surface area contributed by atoms with E-state index in [9.17, 15) is 12.8 Å². The van der Waals surface area contributed by atoms with E-state index in [4.69, 9.17) is 17.3 Å². The molecule has 0 heterocycles. The van der Waals surface area contributed by atoms with E-state index in [0.29, 0.717) is 16.8 Å². The van der Waals surface area contributed by atoms with Crippen LogP contribution in [-0.4, -0.2) is 8.42 Å². The predicted octanol–water partition coefficient (Wildman–Crippen LogP) is 2.85. The summed E-state index contributed by atoms with van der Waals surface area (Å²) in [6, 6.07) is 8.36. The smallest absolute Gasteiger partial charge is 0.242 e. The number of aryl methyl sites for hydroxylation is 1. The molecule has 21 heavy (non-hydrogen) atoms. The molecule has 112 valence electrons. The third kappa shape index (κ3) is 3.72. The van der Waals surface area contributed by atoms with E-state index in [1.165, 1.54) is 36.4 Å². The number of benzene rings is 2. The second kappa shape index (κ2) is 6.01. The number of rotatable bonds is 4. The van der Waals surface area contributed by atoms with Gasteiger partial charge in [-0.3, -0.25) is 0 Å². The number of halogens is 2. The van der Waals surface area contributed by atoms with Crippen LogP contribution in [0.3, 0.4) is 0 Å². The second-order valence-corrected chi connectivity index (χ2v) is 6.73. The van der Waals surface area contributed by atoms with Gasteiger partial charge in [-0.15, -0.1) is 0 Å². The van der Waals surface area contributed by atoms with Crippen LogP contribution in [0.2, 0.25) is 5.02 Å². The zero-order valence-electron chi connectivity index (χ0n) is 11.2. The van der Waals surface area contributed by atoms with E-state index in [1.807, 2.05) is 0 Å². The lowest BCUT2D eigenvalue weighted by atomic mass is 10.2. The first-order valence-electron chi connectivity index (χ1n) is 6.09. The van der Waals surface area contributed by atoms with E-state index in [1.54, 1.807) is 6.92 Å². The molecule has 0 saturated carbocycles. The molecule has 0 bridgehead atoms. The summed E-state index contributed by atoms with van der Waals surface area (Å²) in [7, 11) is -3.79. The van der Waals surface area contributed by atoms with Gasteiger partial charge < -0.3 is 5.73 Å². The van der Waals surface area contributed by atoms with Gasteiger partial charge in [0.05, 0.1) is 5.02 Å². The molecule has 3 N–H and O–H groups in total. The molecule has 0 radical (unpaired) electrons. The Morgan fingerprint density at radius 1 is 1.24 bits per heavy atom. The molecule has 0 fully saturated rings. The summed E-state index contributed by atoms with van der Waals surface area (Å²) >= 11 is 5.96. The fourth-order valence-corrected chi connectivity index (χ4v) is 3.37. The van der Waals surface area contributed by atoms with Crippen LogP contribution in [0.15, 0.2) is 41.3 Å². The van der Waals surface area contributed by atoms with Gasteiger partial charge >= 0.3 is 0 Å². The van der Waals surface area contributed by atoms with Crippen molar-refractivity contribution in [1.29, 1.82) is 0 Å². The standard InChI is InChI=1S/C14H14ClFN2O2S/c1-9-6-12(15)14(7-13(9)17)21(19,20)18-8-10-2-4-11(16)5-3-10/h2-7,18H,8,17H2,1H3. The summed E-state index contributed by atoms with van der Waals surface area (Å²) in [5, 5.41) is 0.105. The molecule has 0 saturated heterocycles. The lowest BCUT2D eigenvalue weighted by Gasteiger charge is -2.10. The van der Waals surface area contributed by atoms with Gasteiger partial charge in [0.1, 0.15) is 10.7 Å². The predicted molar refractivity (Wildman–Crippen MR) is 81.0 cm³/mol. The van der Waals surface area contributed by atoms with Crippen LogP contribution in [0.4, 0.5) is 10.1 Å². The normalized spacial score (nSPS) is 11.6. The van der Waals surface area contributed by atoms with Crippen molar-refractivity contribution in [3.63, 3.8) is 0 Å². The van der Waals surface area contributed by atoms with E-state index < -0.39 is 10.0 Å². The summed E-state index contributed by atoms with van der Waals surface area (Å²) in [6.07, 6.45) is 0. The third-order valence-corrected chi connectivity index (χ3v) is 4.86. The highest BCUT2D eigenvalue weighted by Crippen LogP contribution is 2.26. The summed E-state index contributed by atoms with van der Waals surface area (Å²) < 4.78 is 39.7. The molecule has 4 nitrogen and oxygen atoms in total. The zero-order chi connectivity index (χ0) is 15.6. The van der Waals surface area contributed by atoms with Gasteiger partial charge in [0.25, 0.3) is 0 Å². The lowest BCUT2D eigenvalue weighted by molar-refractivity contribution is 0.581. The number of hydrogen-bond donors (Lipinski definition) is 2. The maximum Gasteiger partial charge on any atom is 0.242 e. The van der Waals surface area contributed by atoms with Crippen molar-refractivity contribution in [3.05, 3.63) is 58.4 Å². The van der Waals surface area contributed by atoms with Gasteiger partial charge in [0, 0.05) is 12.2 Å². The van der Waals surface area contributed by atoms with Crippen LogP contribution < -0.4 is 10.5 Å². The minimum absolute atomic E-state index is 0.0344. The monoisotopic (exact) mass is 328 g/mol. The van der Waals surface area contributed by atoms with E-state index in [0.717, 1.165) is 0 Å². The minimum Gasteiger partial charge on any atom is -0.398 e. The Labute approximate surface area is 127 Å². The Balaban J connectivity index is 2.22. The number of hydrogen-bond acceptors (Lipinski definition) is 3. The second-order valence-electron chi connectivity index (χ2n) is 4.59. The largest absolute Gasteiger partial charge is 0.398 e. The first-order valence-corrected chi connectivity index (χ1v) is 7.95. The number of sulfonamides is 1. The fourth-order valence-electron chi connectivity index (χ4n) is 1.73. The molecule has 2 aromatic carbocycles. The molecular weight excluding hydrogens is 315 g/mol. The number of nitrogens with one attached hydrogen (secondary N) is 1. The Morgan fingerprint density at radius 2 is 1.86 bits per heavy atom. The van der Waals surface area contributed by atoms with Crippen molar-refractivity contribution >= 4 is 27.3 Å².